The van der Waals surface area contributed by atoms with Crippen LogP contribution in [0.3, 0.4) is 0 Å². The topological polar surface area (TPSA) is 85.8 Å². The number of carbonyl (C=O) groups excluding carboxylic acids is 2. The van der Waals surface area contributed by atoms with Crippen molar-refractivity contribution in [3.05, 3.63) is 70.7 Å². The van der Waals surface area contributed by atoms with Crippen molar-refractivity contribution >= 4 is 23.1 Å². The number of nitrogens with one attached hydrogen (secondary N) is 1. The van der Waals surface area contributed by atoms with Crippen molar-refractivity contribution in [1.82, 2.24) is 20.1 Å². The summed E-state index contributed by atoms with van der Waals surface area (Å²) in [6.45, 7) is 3.31. The largest absolute Gasteiger partial charge is 0.505 e. The number of halogens is 1. The van der Waals surface area contributed by atoms with Crippen LogP contribution in [0.15, 0.2) is 42.6 Å². The summed E-state index contributed by atoms with van der Waals surface area (Å²) >= 11 is 0. The van der Waals surface area contributed by atoms with E-state index in [1.54, 1.807) is 35.4 Å². The van der Waals surface area contributed by atoms with Gasteiger partial charge in [0, 0.05) is 56.4 Å². The van der Waals surface area contributed by atoms with E-state index < -0.39 is 6.04 Å². The molecule has 0 radical (unpaired) electrons. The van der Waals surface area contributed by atoms with Crippen LogP contribution in [0.5, 0.6) is 5.75 Å². The van der Waals surface area contributed by atoms with Gasteiger partial charge in [0.2, 0.25) is 0 Å². The number of rotatable bonds is 4. The average Bonchev–Trinajstić information content (AvgIpc) is 3.19. The summed E-state index contributed by atoms with van der Waals surface area (Å²) in [7, 11) is 0. The van der Waals surface area contributed by atoms with Gasteiger partial charge in [0.25, 0.3) is 5.91 Å². The second-order valence-electron chi connectivity index (χ2n) is 8.17. The number of hydrogen-bond donors (Lipinski definition) is 2. The van der Waals surface area contributed by atoms with E-state index in [0.29, 0.717) is 53.8 Å². The van der Waals surface area contributed by atoms with Crippen molar-refractivity contribution in [1.29, 1.82) is 0 Å². The van der Waals surface area contributed by atoms with Crippen molar-refractivity contribution in [2.45, 2.75) is 19.1 Å². The Kier molecular flexibility index (Phi) is 5.32. The van der Waals surface area contributed by atoms with Gasteiger partial charge in [-0.1, -0.05) is 18.2 Å². The molecule has 1 unspecified atom stereocenters. The molecular weight excluding hydrogens is 411 g/mol. The van der Waals surface area contributed by atoms with E-state index in [1.807, 2.05) is 4.90 Å². The molecule has 7 nitrogen and oxygen atoms in total. The molecule has 1 fully saturated rings. The second kappa shape index (κ2) is 8.29. The molecule has 2 aromatic carbocycles. The Morgan fingerprint density at radius 1 is 1.22 bits per heavy atom. The molecule has 2 aliphatic rings. The third-order valence-corrected chi connectivity index (χ3v) is 6.28. The van der Waals surface area contributed by atoms with Gasteiger partial charge in [0.15, 0.2) is 0 Å². The summed E-state index contributed by atoms with van der Waals surface area (Å²) in [6.07, 6.45) is 2.34. The lowest BCUT2D eigenvalue weighted by Gasteiger charge is -2.28. The molecule has 32 heavy (non-hydrogen) atoms. The molecule has 0 bridgehead atoms. The number of hydrogen-bond acceptors (Lipinski definition) is 6. The fourth-order valence-corrected chi connectivity index (χ4v) is 4.73. The predicted octanol–water partition coefficient (Wildman–Crippen LogP) is 2.38. The van der Waals surface area contributed by atoms with Gasteiger partial charge >= 0.3 is 0 Å². The molecule has 2 N–H and O–H groups in total. The SMILES string of the molecule is O=CC1c2c(c(C(=O)N3CCNCC3)c3cccnc3c2O)CN1Cc1ccc(F)cc1. The van der Waals surface area contributed by atoms with Gasteiger partial charge in [-0.15, -0.1) is 0 Å². The molecule has 0 saturated carbocycles. The monoisotopic (exact) mass is 434 g/mol. The third kappa shape index (κ3) is 3.41. The summed E-state index contributed by atoms with van der Waals surface area (Å²) in [5.74, 6) is -0.510. The predicted molar refractivity (Wildman–Crippen MR) is 117 cm³/mol. The highest BCUT2D eigenvalue weighted by Gasteiger charge is 2.38. The Labute approximate surface area is 184 Å². The Bertz CT molecular complexity index is 1190. The first kappa shape index (κ1) is 20.5. The number of carbonyl (C=O) groups is 2. The summed E-state index contributed by atoms with van der Waals surface area (Å²) in [4.78, 5) is 33.8. The summed E-state index contributed by atoms with van der Waals surface area (Å²) < 4.78 is 13.3. The van der Waals surface area contributed by atoms with Gasteiger partial charge in [-0.2, -0.15) is 0 Å². The van der Waals surface area contributed by atoms with Crippen LogP contribution in [0.25, 0.3) is 10.9 Å². The van der Waals surface area contributed by atoms with E-state index >= 15 is 0 Å². The van der Waals surface area contributed by atoms with Crippen molar-refractivity contribution < 1.29 is 19.1 Å². The maximum atomic E-state index is 13.6. The Hall–Kier alpha value is -3.36. The van der Waals surface area contributed by atoms with Crippen molar-refractivity contribution in [2.24, 2.45) is 0 Å². The maximum absolute atomic E-state index is 13.6. The summed E-state index contributed by atoms with van der Waals surface area (Å²) in [5.41, 5.74) is 2.75. The molecule has 1 atom stereocenters. The van der Waals surface area contributed by atoms with E-state index in [9.17, 15) is 19.1 Å². The lowest BCUT2D eigenvalue weighted by atomic mass is 9.93. The van der Waals surface area contributed by atoms with Crippen LogP contribution in [0, 0.1) is 5.82 Å². The fraction of sp³-hybridized carbons (Fsp3) is 0.292. The molecule has 0 spiro atoms. The van der Waals surface area contributed by atoms with E-state index in [-0.39, 0.29) is 17.5 Å². The molecule has 0 aliphatic carbocycles. The lowest BCUT2D eigenvalue weighted by Crippen LogP contribution is -2.46. The van der Waals surface area contributed by atoms with Crippen LogP contribution >= 0.6 is 0 Å². The molecule has 164 valence electrons. The van der Waals surface area contributed by atoms with Gasteiger partial charge in [-0.3, -0.25) is 14.7 Å². The molecule has 1 aromatic heterocycles. The van der Waals surface area contributed by atoms with Crippen LogP contribution < -0.4 is 5.32 Å². The number of pyridine rings is 1. The highest BCUT2D eigenvalue weighted by Crippen LogP contribution is 2.45. The van der Waals surface area contributed by atoms with E-state index in [1.165, 1.54) is 12.1 Å². The second-order valence-corrected chi connectivity index (χ2v) is 8.17. The van der Waals surface area contributed by atoms with Gasteiger partial charge in [0.1, 0.15) is 23.4 Å². The van der Waals surface area contributed by atoms with E-state index in [2.05, 4.69) is 10.3 Å². The van der Waals surface area contributed by atoms with Crippen LogP contribution in [-0.4, -0.2) is 58.3 Å². The summed E-state index contributed by atoms with van der Waals surface area (Å²) in [6, 6.07) is 8.90. The number of phenolic OH excluding ortho intramolecular Hbond substituents is 1. The number of aromatic nitrogens is 1. The molecule has 8 heteroatoms. The Morgan fingerprint density at radius 2 is 1.97 bits per heavy atom. The zero-order chi connectivity index (χ0) is 22.2. The number of aldehydes is 1. The van der Waals surface area contributed by atoms with Gasteiger partial charge in [-0.05, 0) is 29.3 Å². The van der Waals surface area contributed by atoms with Crippen molar-refractivity contribution in [3.63, 3.8) is 0 Å². The number of fused-ring (bicyclic) bond motifs is 2. The average molecular weight is 434 g/mol. The van der Waals surface area contributed by atoms with Gasteiger partial charge < -0.3 is 20.1 Å². The molecule has 3 aromatic rings. The number of piperazine rings is 1. The Balaban J connectivity index is 1.63. The minimum atomic E-state index is -0.726. The highest BCUT2D eigenvalue weighted by atomic mass is 19.1. The molecule has 1 amide bonds. The van der Waals surface area contributed by atoms with Crippen molar-refractivity contribution in [3.8, 4) is 5.75 Å². The minimum absolute atomic E-state index is 0.0637. The van der Waals surface area contributed by atoms with E-state index in [0.717, 1.165) is 24.9 Å². The number of aromatic hydroxyl groups is 1. The van der Waals surface area contributed by atoms with Crippen LogP contribution in [-0.2, 0) is 17.9 Å². The maximum Gasteiger partial charge on any atom is 0.254 e. The number of phenols is 1. The number of nitrogens with zero attached hydrogens (tertiary/aromatic N) is 3. The first-order valence-corrected chi connectivity index (χ1v) is 10.6. The first-order chi connectivity index (χ1) is 15.6. The fourth-order valence-electron chi connectivity index (χ4n) is 4.73. The highest BCUT2D eigenvalue weighted by molar-refractivity contribution is 6.10. The zero-order valence-corrected chi connectivity index (χ0v) is 17.4. The third-order valence-electron chi connectivity index (χ3n) is 6.28. The Morgan fingerprint density at radius 3 is 2.69 bits per heavy atom. The number of benzene rings is 2. The molecule has 1 saturated heterocycles. The van der Waals surface area contributed by atoms with Gasteiger partial charge in [-0.25, -0.2) is 4.39 Å². The van der Waals surface area contributed by atoms with Gasteiger partial charge in [0.05, 0.1) is 11.6 Å². The quantitative estimate of drug-likeness (QED) is 0.614. The van der Waals surface area contributed by atoms with Crippen LogP contribution in [0.1, 0.15) is 33.1 Å². The smallest absolute Gasteiger partial charge is 0.254 e. The van der Waals surface area contributed by atoms with Crippen LogP contribution in [0.4, 0.5) is 4.39 Å². The summed E-state index contributed by atoms with van der Waals surface area (Å²) in [5, 5.41) is 14.9. The van der Waals surface area contributed by atoms with Crippen LogP contribution in [0.2, 0.25) is 0 Å². The van der Waals surface area contributed by atoms with Crippen molar-refractivity contribution in [2.75, 3.05) is 26.2 Å². The molecule has 3 heterocycles. The molecular formula is C24H23FN4O3. The normalized spacial score (nSPS) is 18.7. The standard InChI is InChI=1S/C24H23FN4O3/c25-16-5-3-15(4-6-16)12-29-13-18-20(24(32)28-10-8-26-9-11-28)17-2-1-7-27-22(17)23(31)21(18)19(29)14-30/h1-7,14,19,26,31H,8-13H2. The lowest BCUT2D eigenvalue weighted by molar-refractivity contribution is -0.112. The minimum Gasteiger partial charge on any atom is -0.505 e. The molecule has 2 aliphatic heterocycles. The number of amides is 1. The molecule has 5 rings (SSSR count). The first-order valence-electron chi connectivity index (χ1n) is 10.6. The zero-order valence-electron chi connectivity index (χ0n) is 17.4. The van der Waals surface area contributed by atoms with E-state index in [4.69, 9.17) is 0 Å².